The van der Waals surface area contributed by atoms with Gasteiger partial charge in [0.05, 0.1) is 6.20 Å². The van der Waals surface area contributed by atoms with E-state index in [1.807, 2.05) is 6.92 Å². The van der Waals surface area contributed by atoms with E-state index in [1.165, 1.54) is 22.3 Å². The van der Waals surface area contributed by atoms with Crippen LogP contribution in [0.2, 0.25) is 0 Å². The number of aryl methyl sites for hydroxylation is 1. The third-order valence-electron chi connectivity index (χ3n) is 4.72. The Morgan fingerprint density at radius 1 is 1.40 bits per heavy atom. The van der Waals surface area contributed by atoms with Gasteiger partial charge < -0.3 is 19.9 Å². The molecule has 12 heteroatoms. The Morgan fingerprint density at radius 2 is 2.13 bits per heavy atom. The first-order chi connectivity index (χ1) is 14.3. The number of esters is 2. The van der Waals surface area contributed by atoms with Gasteiger partial charge in [0.25, 0.3) is 0 Å². The minimum absolute atomic E-state index is 0.0274. The number of ether oxygens (including phenoxy) is 3. The lowest BCUT2D eigenvalue weighted by molar-refractivity contribution is -0.159. The number of hydrogen-bond acceptors (Lipinski definition) is 9. The van der Waals surface area contributed by atoms with Crippen molar-refractivity contribution >= 4 is 29.1 Å². The molecule has 4 atom stereocenters. The number of fused-ring (bicyclic) bond motifs is 1. The molecule has 1 aliphatic rings. The highest BCUT2D eigenvalue weighted by Gasteiger charge is 2.45. The van der Waals surface area contributed by atoms with Crippen LogP contribution in [0.1, 0.15) is 39.8 Å². The molecule has 0 radical (unpaired) electrons. The molecule has 0 aromatic carbocycles. The van der Waals surface area contributed by atoms with Crippen LogP contribution in [0.3, 0.4) is 0 Å². The number of rotatable bonds is 7. The number of alkyl halides is 1. The van der Waals surface area contributed by atoms with E-state index in [0.717, 1.165) is 6.92 Å². The van der Waals surface area contributed by atoms with E-state index in [0.29, 0.717) is 18.5 Å². The normalized spacial score (nSPS) is 22.2. The monoisotopic (exact) mass is 425 g/mol. The molecule has 1 saturated heterocycles. The predicted octanol–water partition coefficient (Wildman–Crippen LogP) is 0.706. The van der Waals surface area contributed by atoms with Crippen molar-refractivity contribution in [3.8, 4) is 0 Å². The Morgan fingerprint density at radius 3 is 2.73 bits per heavy atom. The predicted molar refractivity (Wildman–Crippen MR) is 102 cm³/mol. The van der Waals surface area contributed by atoms with Crippen LogP contribution < -0.4 is 11.4 Å². The van der Waals surface area contributed by atoms with Crippen LogP contribution in [0.15, 0.2) is 11.0 Å². The Kier molecular flexibility index (Phi) is 6.34. The third kappa shape index (κ3) is 4.13. The number of carbonyl (C=O) groups is 2. The van der Waals surface area contributed by atoms with Gasteiger partial charge in [0.1, 0.15) is 24.4 Å². The average Bonchev–Trinajstić information content (AvgIpc) is 3.18. The van der Waals surface area contributed by atoms with E-state index in [2.05, 4.69) is 9.97 Å². The minimum Gasteiger partial charge on any atom is -0.458 e. The summed E-state index contributed by atoms with van der Waals surface area (Å²) in [7, 11) is 0. The van der Waals surface area contributed by atoms with E-state index in [4.69, 9.17) is 19.9 Å². The second-order valence-corrected chi connectivity index (χ2v) is 6.99. The summed E-state index contributed by atoms with van der Waals surface area (Å²) in [4.78, 5) is 44.2. The zero-order valence-corrected chi connectivity index (χ0v) is 16.9. The number of nitrogens with zero attached hydrogens (tertiary/aromatic N) is 4. The van der Waals surface area contributed by atoms with Gasteiger partial charge in [0, 0.05) is 26.8 Å². The van der Waals surface area contributed by atoms with E-state index >= 15 is 0 Å². The molecule has 1 aliphatic heterocycles. The van der Waals surface area contributed by atoms with Crippen LogP contribution in [0, 0.1) is 0 Å². The molecule has 30 heavy (non-hydrogen) atoms. The molecular formula is C18H24FN5O6. The first-order valence-electron chi connectivity index (χ1n) is 9.55. The van der Waals surface area contributed by atoms with E-state index in [-0.39, 0.29) is 18.0 Å². The van der Waals surface area contributed by atoms with Crippen molar-refractivity contribution in [2.45, 2.75) is 64.7 Å². The molecule has 0 amide bonds. The van der Waals surface area contributed by atoms with Gasteiger partial charge in [0.2, 0.25) is 5.95 Å². The van der Waals surface area contributed by atoms with Crippen molar-refractivity contribution < 1.29 is 28.2 Å². The smallest absolute Gasteiger partial charge is 0.332 e. The third-order valence-corrected chi connectivity index (χ3v) is 4.72. The second kappa shape index (κ2) is 8.78. The topological polar surface area (TPSA) is 141 Å². The zero-order valence-electron chi connectivity index (χ0n) is 16.9. The summed E-state index contributed by atoms with van der Waals surface area (Å²) in [6.45, 7) is 3.67. The first-order valence-corrected chi connectivity index (χ1v) is 9.55. The summed E-state index contributed by atoms with van der Waals surface area (Å²) < 4.78 is 32.4. The van der Waals surface area contributed by atoms with Crippen LogP contribution in [-0.4, -0.2) is 56.0 Å². The lowest BCUT2D eigenvalue weighted by atomic mass is 10.1. The molecule has 0 aliphatic carbocycles. The molecule has 3 rings (SSSR count). The highest BCUT2D eigenvalue weighted by Crippen LogP contribution is 2.35. The van der Waals surface area contributed by atoms with E-state index in [1.54, 1.807) is 0 Å². The number of carbonyl (C=O) groups excluding carboxylic acids is 2. The maximum absolute atomic E-state index is 13.5. The quantitative estimate of drug-likeness (QED) is 0.635. The Bertz CT molecular complexity index is 1000. The molecule has 2 aromatic rings. The lowest BCUT2D eigenvalue weighted by Crippen LogP contribution is -2.34. The molecule has 2 aromatic heterocycles. The van der Waals surface area contributed by atoms with Crippen molar-refractivity contribution in [1.29, 1.82) is 0 Å². The molecular weight excluding hydrogens is 401 g/mol. The standard InChI is InChI=1S/C18H24FN5O6/c1-4-5-23-11-8-21-17(20)22-15(11)24(18(23)27)16-13(28-9(2)25)6-12(30-16)14(7-19)29-10(3)26/h8,12-14,16H,4-7H2,1-3H3,(H2,20,21,22)/t12-,13+,14?,16+/m0/s1. The summed E-state index contributed by atoms with van der Waals surface area (Å²) >= 11 is 0. The summed E-state index contributed by atoms with van der Waals surface area (Å²) in [6, 6.07) is 0. The van der Waals surface area contributed by atoms with Crippen molar-refractivity contribution in [1.82, 2.24) is 19.1 Å². The average molecular weight is 425 g/mol. The van der Waals surface area contributed by atoms with Gasteiger partial charge in [-0.3, -0.25) is 14.2 Å². The maximum Gasteiger partial charge on any atom is 0.332 e. The van der Waals surface area contributed by atoms with Gasteiger partial charge in [0.15, 0.2) is 18.0 Å². The molecule has 1 unspecified atom stereocenters. The summed E-state index contributed by atoms with van der Waals surface area (Å²) in [6.07, 6.45) is -2.03. The van der Waals surface area contributed by atoms with Crippen molar-refractivity contribution in [2.75, 3.05) is 12.4 Å². The highest BCUT2D eigenvalue weighted by atomic mass is 19.1. The molecule has 11 nitrogen and oxygen atoms in total. The zero-order chi connectivity index (χ0) is 22.0. The highest BCUT2D eigenvalue weighted by molar-refractivity contribution is 5.72. The molecule has 164 valence electrons. The van der Waals surface area contributed by atoms with Gasteiger partial charge in [-0.25, -0.2) is 18.7 Å². The van der Waals surface area contributed by atoms with Gasteiger partial charge in [-0.05, 0) is 6.42 Å². The van der Waals surface area contributed by atoms with E-state index in [9.17, 15) is 18.8 Å². The van der Waals surface area contributed by atoms with Crippen LogP contribution in [0.25, 0.3) is 11.2 Å². The number of nitrogens with two attached hydrogens (primary N) is 1. The van der Waals surface area contributed by atoms with Crippen molar-refractivity contribution in [3.05, 3.63) is 16.7 Å². The Hall–Kier alpha value is -3.02. The van der Waals surface area contributed by atoms with Crippen LogP contribution >= 0.6 is 0 Å². The molecule has 0 spiro atoms. The minimum atomic E-state index is -1.20. The van der Waals surface area contributed by atoms with E-state index < -0.39 is 48.8 Å². The number of anilines is 1. The summed E-state index contributed by atoms with van der Waals surface area (Å²) in [5.74, 6) is -1.32. The van der Waals surface area contributed by atoms with Crippen LogP contribution in [0.4, 0.5) is 10.3 Å². The Labute approximate surface area is 170 Å². The van der Waals surface area contributed by atoms with Gasteiger partial charge >= 0.3 is 17.6 Å². The van der Waals surface area contributed by atoms with Crippen molar-refractivity contribution in [3.63, 3.8) is 0 Å². The fraction of sp³-hybridized carbons (Fsp3) is 0.611. The largest absolute Gasteiger partial charge is 0.458 e. The first kappa shape index (κ1) is 21.7. The molecule has 2 N–H and O–H groups in total. The summed E-state index contributed by atoms with van der Waals surface area (Å²) in [5, 5.41) is 0. The number of nitrogen functional groups attached to an aromatic ring is 1. The molecule has 3 heterocycles. The lowest BCUT2D eigenvalue weighted by Gasteiger charge is -2.21. The molecule has 0 bridgehead atoms. The van der Waals surface area contributed by atoms with Gasteiger partial charge in [-0.1, -0.05) is 6.92 Å². The fourth-order valence-electron chi connectivity index (χ4n) is 3.61. The van der Waals surface area contributed by atoms with Gasteiger partial charge in [-0.2, -0.15) is 4.98 Å². The number of halogens is 1. The number of aromatic nitrogens is 4. The van der Waals surface area contributed by atoms with Crippen LogP contribution in [-0.2, 0) is 30.3 Å². The van der Waals surface area contributed by atoms with Gasteiger partial charge in [-0.15, -0.1) is 0 Å². The maximum atomic E-state index is 13.5. The number of hydrogen-bond donors (Lipinski definition) is 1. The molecule has 1 fully saturated rings. The van der Waals surface area contributed by atoms with Crippen LogP contribution in [0.5, 0.6) is 0 Å². The van der Waals surface area contributed by atoms with Crippen molar-refractivity contribution in [2.24, 2.45) is 0 Å². The SMILES string of the molecule is CCCn1c(=O)n([C@@H]2O[C@H](C(CF)OC(C)=O)C[C@H]2OC(C)=O)c2nc(N)ncc21. The molecule has 0 saturated carbocycles. The fourth-order valence-corrected chi connectivity index (χ4v) is 3.61. The Balaban J connectivity index is 2.09. The number of imidazole rings is 1. The summed E-state index contributed by atoms with van der Waals surface area (Å²) in [5.41, 5.74) is 5.89. The second-order valence-electron chi connectivity index (χ2n) is 6.99.